The van der Waals surface area contributed by atoms with Gasteiger partial charge in [0.05, 0.1) is 6.04 Å². The maximum absolute atomic E-state index is 12.2. The Morgan fingerprint density at radius 2 is 2.22 bits per heavy atom. The van der Waals surface area contributed by atoms with Crippen LogP contribution in [0.1, 0.15) is 12.0 Å². The highest BCUT2D eigenvalue weighted by molar-refractivity contribution is 6.31. The Hall–Kier alpha value is -1.26. The molecule has 2 amide bonds. The van der Waals surface area contributed by atoms with Crippen molar-refractivity contribution in [3.63, 3.8) is 0 Å². The van der Waals surface area contributed by atoms with Crippen molar-refractivity contribution in [1.29, 1.82) is 0 Å². The number of amides is 2. The molecule has 1 aromatic carbocycles. The Labute approximate surface area is 112 Å². The van der Waals surface area contributed by atoms with Crippen molar-refractivity contribution in [1.82, 2.24) is 4.90 Å². The van der Waals surface area contributed by atoms with Crippen molar-refractivity contribution in [2.24, 2.45) is 5.73 Å². The van der Waals surface area contributed by atoms with Crippen LogP contribution in [0.5, 0.6) is 0 Å². The Morgan fingerprint density at radius 3 is 2.89 bits per heavy atom. The van der Waals surface area contributed by atoms with Crippen LogP contribution in [0.4, 0.5) is 10.5 Å². The molecule has 0 aromatic heterocycles. The molecular formula is C13H18ClN3O. The zero-order valence-corrected chi connectivity index (χ0v) is 11.4. The van der Waals surface area contributed by atoms with Gasteiger partial charge in [-0.1, -0.05) is 17.7 Å². The minimum Gasteiger partial charge on any atom is -0.330 e. The molecule has 1 aromatic rings. The first-order valence-corrected chi connectivity index (χ1v) is 6.43. The number of halogens is 1. The van der Waals surface area contributed by atoms with Crippen molar-refractivity contribution in [3.8, 4) is 0 Å². The van der Waals surface area contributed by atoms with Crippen molar-refractivity contribution in [2.45, 2.75) is 19.4 Å². The van der Waals surface area contributed by atoms with Gasteiger partial charge in [0.2, 0.25) is 0 Å². The normalized spacial score (nSPS) is 19.8. The molecule has 4 nitrogen and oxygen atoms in total. The lowest BCUT2D eigenvalue weighted by Gasteiger charge is -2.18. The zero-order valence-electron chi connectivity index (χ0n) is 10.7. The summed E-state index contributed by atoms with van der Waals surface area (Å²) in [5.74, 6) is 0. The molecule has 0 aliphatic carbocycles. The van der Waals surface area contributed by atoms with Crippen molar-refractivity contribution in [3.05, 3.63) is 28.8 Å². The van der Waals surface area contributed by atoms with Crippen LogP contribution in [0.3, 0.4) is 0 Å². The summed E-state index contributed by atoms with van der Waals surface area (Å²) in [6.45, 7) is 3.24. The fourth-order valence-electron chi connectivity index (χ4n) is 2.31. The highest BCUT2D eigenvalue weighted by Crippen LogP contribution is 2.29. The molecule has 0 radical (unpaired) electrons. The first-order valence-electron chi connectivity index (χ1n) is 6.05. The quantitative estimate of drug-likeness (QED) is 0.913. The van der Waals surface area contributed by atoms with E-state index >= 15 is 0 Å². The second kappa shape index (κ2) is 5.16. The van der Waals surface area contributed by atoms with E-state index in [0.717, 1.165) is 17.7 Å². The molecule has 0 bridgehead atoms. The SMILES string of the molecule is Cc1ccc(Cl)cc1N1CC(CCN)N(C)C1=O. The van der Waals surface area contributed by atoms with E-state index in [9.17, 15) is 4.79 Å². The van der Waals surface area contributed by atoms with Crippen LogP contribution < -0.4 is 10.6 Å². The molecule has 0 spiro atoms. The molecule has 1 aliphatic heterocycles. The number of anilines is 1. The summed E-state index contributed by atoms with van der Waals surface area (Å²) in [5, 5.41) is 0.647. The average Bonchev–Trinajstić information content (AvgIpc) is 2.61. The maximum atomic E-state index is 12.2. The second-order valence-corrected chi connectivity index (χ2v) is 5.10. The van der Waals surface area contributed by atoms with Gasteiger partial charge in [-0.3, -0.25) is 4.90 Å². The highest BCUT2D eigenvalue weighted by atomic mass is 35.5. The third-order valence-electron chi connectivity index (χ3n) is 3.44. The number of carbonyl (C=O) groups is 1. The van der Waals surface area contributed by atoms with Crippen LogP contribution in [0.25, 0.3) is 0 Å². The molecule has 1 heterocycles. The molecule has 5 heteroatoms. The van der Waals surface area contributed by atoms with E-state index in [0.29, 0.717) is 18.1 Å². The van der Waals surface area contributed by atoms with Gasteiger partial charge in [-0.2, -0.15) is 0 Å². The van der Waals surface area contributed by atoms with E-state index in [1.165, 1.54) is 0 Å². The van der Waals surface area contributed by atoms with Crippen LogP contribution in [0.15, 0.2) is 18.2 Å². The van der Waals surface area contributed by atoms with Gasteiger partial charge in [0.1, 0.15) is 0 Å². The summed E-state index contributed by atoms with van der Waals surface area (Å²) in [6.07, 6.45) is 0.818. The van der Waals surface area contributed by atoms with Crippen LogP contribution in [-0.2, 0) is 0 Å². The summed E-state index contributed by atoms with van der Waals surface area (Å²) in [7, 11) is 1.82. The van der Waals surface area contributed by atoms with Gasteiger partial charge in [0.15, 0.2) is 0 Å². The highest BCUT2D eigenvalue weighted by Gasteiger charge is 2.35. The molecule has 98 valence electrons. The number of nitrogens with zero attached hydrogens (tertiary/aromatic N) is 2. The molecule has 2 N–H and O–H groups in total. The summed E-state index contributed by atoms with van der Waals surface area (Å²) in [5.41, 5.74) is 7.51. The number of nitrogens with two attached hydrogens (primary N) is 1. The fourth-order valence-corrected chi connectivity index (χ4v) is 2.48. The van der Waals surface area contributed by atoms with Crippen LogP contribution in [0.2, 0.25) is 5.02 Å². The van der Waals surface area contributed by atoms with Gasteiger partial charge < -0.3 is 10.6 Å². The number of benzene rings is 1. The largest absolute Gasteiger partial charge is 0.330 e. The predicted octanol–water partition coefficient (Wildman–Crippen LogP) is 2.24. The van der Waals surface area contributed by atoms with Gasteiger partial charge in [0.25, 0.3) is 0 Å². The number of urea groups is 1. The Kier molecular flexibility index (Phi) is 3.78. The molecule has 2 rings (SSSR count). The first-order chi connectivity index (χ1) is 8.54. The number of hydrogen-bond acceptors (Lipinski definition) is 2. The molecule has 1 aliphatic rings. The van der Waals surface area contributed by atoms with Gasteiger partial charge in [-0.05, 0) is 37.6 Å². The lowest BCUT2D eigenvalue weighted by Crippen LogP contribution is -2.32. The standard InChI is InChI=1S/C13H18ClN3O/c1-9-3-4-10(14)7-12(9)17-8-11(5-6-15)16(2)13(17)18/h3-4,7,11H,5-6,8,15H2,1-2H3. The Morgan fingerprint density at radius 1 is 1.50 bits per heavy atom. The average molecular weight is 268 g/mol. The third-order valence-corrected chi connectivity index (χ3v) is 3.67. The maximum Gasteiger partial charge on any atom is 0.324 e. The van der Waals surface area contributed by atoms with Gasteiger partial charge >= 0.3 is 6.03 Å². The Bertz CT molecular complexity index is 464. The number of carbonyl (C=O) groups excluding carboxylic acids is 1. The molecule has 1 unspecified atom stereocenters. The lowest BCUT2D eigenvalue weighted by atomic mass is 10.1. The van der Waals surface area contributed by atoms with Crippen LogP contribution >= 0.6 is 11.6 Å². The third kappa shape index (κ3) is 2.31. The summed E-state index contributed by atoms with van der Waals surface area (Å²) in [4.78, 5) is 15.8. The minimum absolute atomic E-state index is 0.0128. The van der Waals surface area contributed by atoms with Crippen LogP contribution in [0, 0.1) is 6.92 Å². The molecular weight excluding hydrogens is 250 g/mol. The van der Waals surface area contributed by atoms with Crippen molar-refractivity contribution < 1.29 is 4.79 Å². The molecule has 1 saturated heterocycles. The summed E-state index contributed by atoms with van der Waals surface area (Å²) in [6, 6.07) is 5.80. The molecule has 1 fully saturated rings. The van der Waals surface area contributed by atoms with E-state index < -0.39 is 0 Å². The van der Waals surface area contributed by atoms with Crippen LogP contribution in [-0.4, -0.2) is 37.1 Å². The van der Waals surface area contributed by atoms with E-state index in [1.807, 2.05) is 32.2 Å². The van der Waals surface area contributed by atoms with E-state index in [-0.39, 0.29) is 12.1 Å². The monoisotopic (exact) mass is 267 g/mol. The zero-order chi connectivity index (χ0) is 13.3. The number of likely N-dealkylation sites (N-methyl/N-ethyl adjacent to an activating group) is 1. The number of rotatable bonds is 3. The number of hydrogen-bond donors (Lipinski definition) is 1. The van der Waals surface area contributed by atoms with Gasteiger partial charge in [-0.15, -0.1) is 0 Å². The fraction of sp³-hybridized carbons (Fsp3) is 0.462. The van der Waals surface area contributed by atoms with Crippen molar-refractivity contribution in [2.75, 3.05) is 25.0 Å². The van der Waals surface area contributed by atoms with Gasteiger partial charge in [-0.25, -0.2) is 4.79 Å². The van der Waals surface area contributed by atoms with E-state index in [4.69, 9.17) is 17.3 Å². The van der Waals surface area contributed by atoms with Crippen molar-refractivity contribution >= 4 is 23.3 Å². The molecule has 18 heavy (non-hydrogen) atoms. The molecule has 0 saturated carbocycles. The molecule has 1 atom stereocenters. The minimum atomic E-state index is 0.0128. The number of aryl methyl sites for hydroxylation is 1. The van der Waals surface area contributed by atoms with E-state index in [2.05, 4.69) is 0 Å². The summed E-state index contributed by atoms with van der Waals surface area (Å²) >= 11 is 6.01. The summed E-state index contributed by atoms with van der Waals surface area (Å²) < 4.78 is 0. The lowest BCUT2D eigenvalue weighted by molar-refractivity contribution is 0.217. The van der Waals surface area contributed by atoms with Gasteiger partial charge in [0, 0.05) is 24.3 Å². The Balaban J connectivity index is 2.29. The first kappa shape index (κ1) is 13.2. The second-order valence-electron chi connectivity index (χ2n) is 4.67. The predicted molar refractivity (Wildman–Crippen MR) is 74.2 cm³/mol. The van der Waals surface area contributed by atoms with E-state index in [1.54, 1.807) is 9.80 Å². The topological polar surface area (TPSA) is 49.6 Å². The smallest absolute Gasteiger partial charge is 0.324 e.